The normalized spacial score (nSPS) is 10.5. The van der Waals surface area contributed by atoms with Crippen molar-refractivity contribution in [2.24, 2.45) is 0 Å². The summed E-state index contributed by atoms with van der Waals surface area (Å²) in [6.07, 6.45) is 3.69. The van der Waals surface area contributed by atoms with Crippen molar-refractivity contribution in [3.8, 4) is 17.0 Å². The first kappa shape index (κ1) is 18.0. The average molecular weight is 369 g/mol. The molecular weight excluding hydrogens is 350 g/mol. The Morgan fingerprint density at radius 3 is 2.92 bits per heavy atom. The Labute approximate surface area is 156 Å². The van der Waals surface area contributed by atoms with E-state index in [1.165, 1.54) is 11.8 Å². The molecule has 134 valence electrons. The van der Waals surface area contributed by atoms with Gasteiger partial charge in [0, 0.05) is 23.9 Å². The van der Waals surface area contributed by atoms with E-state index in [4.69, 9.17) is 9.15 Å². The van der Waals surface area contributed by atoms with Crippen molar-refractivity contribution in [1.29, 1.82) is 0 Å². The molecule has 0 unspecified atom stereocenters. The number of amides is 1. The van der Waals surface area contributed by atoms with Gasteiger partial charge in [-0.3, -0.25) is 4.79 Å². The Hall–Kier alpha value is -2.80. The van der Waals surface area contributed by atoms with Gasteiger partial charge in [-0.1, -0.05) is 23.9 Å². The van der Waals surface area contributed by atoms with Crippen molar-refractivity contribution >= 4 is 17.7 Å². The van der Waals surface area contributed by atoms with E-state index in [1.54, 1.807) is 25.6 Å². The fraction of sp³-hybridized carbons (Fsp3) is 0.211. The number of aromatic nitrogens is 2. The monoisotopic (exact) mass is 369 g/mol. The Morgan fingerprint density at radius 1 is 1.23 bits per heavy atom. The van der Waals surface area contributed by atoms with E-state index >= 15 is 0 Å². The van der Waals surface area contributed by atoms with E-state index in [0.29, 0.717) is 23.9 Å². The molecule has 6 nitrogen and oxygen atoms in total. The van der Waals surface area contributed by atoms with Crippen molar-refractivity contribution in [2.45, 2.75) is 18.1 Å². The van der Waals surface area contributed by atoms with Crippen LogP contribution in [0, 0.1) is 0 Å². The second kappa shape index (κ2) is 9.05. The van der Waals surface area contributed by atoms with Gasteiger partial charge in [0.25, 0.3) is 0 Å². The molecule has 3 aromatic rings. The molecule has 3 rings (SSSR count). The molecule has 0 saturated heterocycles. The summed E-state index contributed by atoms with van der Waals surface area (Å²) in [4.78, 5) is 20.7. The first-order valence-corrected chi connectivity index (χ1v) is 9.13. The maximum Gasteiger partial charge on any atom is 0.221 e. The number of carbonyl (C=O) groups excluding carboxylic acids is 1. The SMILES string of the molecule is COc1ccccc1-c1ccnc(SCCC(=O)NCc2ccco2)n1. The molecular formula is C19H19N3O3S. The number of benzene rings is 1. The van der Waals surface area contributed by atoms with Crippen molar-refractivity contribution in [3.05, 3.63) is 60.7 Å². The average Bonchev–Trinajstić information content (AvgIpc) is 3.20. The number of hydrogen-bond acceptors (Lipinski definition) is 6. The van der Waals surface area contributed by atoms with Gasteiger partial charge in [-0.05, 0) is 30.3 Å². The van der Waals surface area contributed by atoms with Gasteiger partial charge in [-0.15, -0.1) is 0 Å². The lowest BCUT2D eigenvalue weighted by Crippen LogP contribution is -2.22. The maximum atomic E-state index is 11.9. The third-order valence-corrected chi connectivity index (χ3v) is 4.48. The summed E-state index contributed by atoms with van der Waals surface area (Å²) in [5.41, 5.74) is 1.71. The minimum Gasteiger partial charge on any atom is -0.496 e. The molecule has 0 aliphatic heterocycles. The van der Waals surface area contributed by atoms with Crippen LogP contribution in [0.5, 0.6) is 5.75 Å². The second-order valence-electron chi connectivity index (χ2n) is 5.38. The second-order valence-corrected chi connectivity index (χ2v) is 6.44. The molecule has 0 radical (unpaired) electrons. The van der Waals surface area contributed by atoms with Gasteiger partial charge in [-0.25, -0.2) is 9.97 Å². The van der Waals surface area contributed by atoms with Crippen LogP contribution in [-0.2, 0) is 11.3 Å². The van der Waals surface area contributed by atoms with Gasteiger partial charge >= 0.3 is 0 Å². The van der Waals surface area contributed by atoms with Gasteiger partial charge < -0.3 is 14.5 Å². The molecule has 0 spiro atoms. The zero-order valence-corrected chi connectivity index (χ0v) is 15.2. The van der Waals surface area contributed by atoms with Crippen LogP contribution in [0.4, 0.5) is 0 Å². The third-order valence-electron chi connectivity index (χ3n) is 3.62. The molecule has 1 amide bonds. The number of methoxy groups -OCH3 is 1. The summed E-state index contributed by atoms with van der Waals surface area (Å²) < 4.78 is 10.6. The van der Waals surface area contributed by atoms with Crippen LogP contribution in [0.15, 0.2) is 64.5 Å². The molecule has 26 heavy (non-hydrogen) atoms. The molecule has 0 aliphatic rings. The molecule has 7 heteroatoms. The molecule has 0 bridgehead atoms. The number of hydrogen-bond donors (Lipinski definition) is 1. The number of carbonyl (C=O) groups is 1. The quantitative estimate of drug-likeness (QED) is 0.483. The van der Waals surface area contributed by atoms with E-state index in [1.807, 2.05) is 36.4 Å². The topological polar surface area (TPSA) is 77.2 Å². The number of ether oxygens (including phenoxy) is 1. The predicted molar refractivity (Wildman–Crippen MR) is 99.9 cm³/mol. The van der Waals surface area contributed by atoms with E-state index in [9.17, 15) is 4.79 Å². The molecule has 1 N–H and O–H groups in total. The lowest BCUT2D eigenvalue weighted by molar-refractivity contribution is -0.120. The minimum absolute atomic E-state index is 0.0326. The Morgan fingerprint density at radius 2 is 2.12 bits per heavy atom. The fourth-order valence-corrected chi connectivity index (χ4v) is 3.11. The van der Waals surface area contributed by atoms with E-state index in [-0.39, 0.29) is 5.91 Å². The zero-order valence-electron chi connectivity index (χ0n) is 14.3. The van der Waals surface area contributed by atoms with Crippen LogP contribution in [0.2, 0.25) is 0 Å². The predicted octanol–water partition coefficient (Wildman–Crippen LogP) is 3.54. The standard InChI is InChI=1S/C19H19N3O3S/c1-24-17-7-3-2-6-15(17)16-8-10-20-19(22-16)26-12-9-18(23)21-13-14-5-4-11-25-14/h2-8,10-11H,9,12-13H2,1H3,(H,21,23). The van der Waals surface area contributed by atoms with Gasteiger partial charge in [0.05, 0.1) is 25.6 Å². The highest BCUT2D eigenvalue weighted by atomic mass is 32.2. The third kappa shape index (κ3) is 4.86. The van der Waals surface area contributed by atoms with Crippen LogP contribution in [0.25, 0.3) is 11.3 Å². The van der Waals surface area contributed by atoms with Gasteiger partial charge in [-0.2, -0.15) is 0 Å². The van der Waals surface area contributed by atoms with Gasteiger partial charge in [0.1, 0.15) is 11.5 Å². The Balaban J connectivity index is 1.53. The molecule has 2 heterocycles. The largest absolute Gasteiger partial charge is 0.496 e. The van der Waals surface area contributed by atoms with Crippen LogP contribution >= 0.6 is 11.8 Å². The van der Waals surface area contributed by atoms with Crippen LogP contribution in [0.1, 0.15) is 12.2 Å². The summed E-state index contributed by atoms with van der Waals surface area (Å²) >= 11 is 1.45. The summed E-state index contributed by atoms with van der Waals surface area (Å²) in [6.45, 7) is 0.399. The summed E-state index contributed by atoms with van der Waals surface area (Å²) in [7, 11) is 1.64. The highest BCUT2D eigenvalue weighted by Gasteiger charge is 2.09. The molecule has 0 fully saturated rings. The summed E-state index contributed by atoms with van der Waals surface area (Å²) in [5, 5.41) is 3.45. The first-order valence-electron chi connectivity index (χ1n) is 8.14. The zero-order chi connectivity index (χ0) is 18.2. The van der Waals surface area contributed by atoms with Crippen molar-refractivity contribution in [2.75, 3.05) is 12.9 Å². The van der Waals surface area contributed by atoms with E-state index < -0.39 is 0 Å². The van der Waals surface area contributed by atoms with Crippen molar-refractivity contribution < 1.29 is 13.9 Å². The van der Waals surface area contributed by atoms with Gasteiger partial charge in [0.15, 0.2) is 5.16 Å². The molecule has 0 aliphatic carbocycles. The van der Waals surface area contributed by atoms with Crippen LogP contribution in [0.3, 0.4) is 0 Å². The Bertz CT molecular complexity index is 853. The fourth-order valence-electron chi connectivity index (χ4n) is 2.34. The van der Waals surface area contributed by atoms with Crippen molar-refractivity contribution in [1.82, 2.24) is 15.3 Å². The molecule has 1 aromatic carbocycles. The summed E-state index contributed by atoms with van der Waals surface area (Å²) in [5.74, 6) is 2.06. The highest BCUT2D eigenvalue weighted by molar-refractivity contribution is 7.99. The molecule has 0 saturated carbocycles. The van der Waals surface area contributed by atoms with E-state index in [2.05, 4.69) is 15.3 Å². The number of para-hydroxylation sites is 1. The lowest BCUT2D eigenvalue weighted by Gasteiger charge is -2.08. The number of furan rings is 1. The van der Waals surface area contributed by atoms with Gasteiger partial charge in [0.2, 0.25) is 5.91 Å². The van der Waals surface area contributed by atoms with Crippen LogP contribution in [-0.4, -0.2) is 28.7 Å². The number of thioether (sulfide) groups is 1. The number of rotatable bonds is 8. The lowest BCUT2D eigenvalue weighted by atomic mass is 10.1. The molecule has 2 aromatic heterocycles. The number of nitrogens with one attached hydrogen (secondary N) is 1. The number of nitrogens with zero attached hydrogens (tertiary/aromatic N) is 2. The Kier molecular flexibility index (Phi) is 6.27. The smallest absolute Gasteiger partial charge is 0.221 e. The molecule has 0 atom stereocenters. The summed E-state index contributed by atoms with van der Waals surface area (Å²) in [6, 6.07) is 13.2. The van der Waals surface area contributed by atoms with E-state index in [0.717, 1.165) is 22.8 Å². The maximum absolute atomic E-state index is 11.9. The minimum atomic E-state index is -0.0326. The van der Waals surface area contributed by atoms with Crippen molar-refractivity contribution in [3.63, 3.8) is 0 Å². The first-order chi connectivity index (χ1) is 12.8. The van der Waals surface area contributed by atoms with Crippen LogP contribution < -0.4 is 10.1 Å². The highest BCUT2D eigenvalue weighted by Crippen LogP contribution is 2.28.